The summed E-state index contributed by atoms with van der Waals surface area (Å²) >= 11 is 0. The second kappa shape index (κ2) is 9.55. The molecule has 0 bridgehead atoms. The van der Waals surface area contributed by atoms with Gasteiger partial charge in [-0.2, -0.15) is 0 Å². The average Bonchev–Trinajstić information content (AvgIpc) is 2.60. The molecule has 8 nitrogen and oxygen atoms in total. The largest absolute Gasteiger partial charge is 0.490 e. The van der Waals surface area contributed by atoms with Crippen LogP contribution >= 0.6 is 12.4 Å². The second-order valence-electron chi connectivity index (χ2n) is 6.01. The first-order chi connectivity index (χ1) is 11.5. The van der Waals surface area contributed by atoms with Gasteiger partial charge in [-0.1, -0.05) is 0 Å². The van der Waals surface area contributed by atoms with Crippen LogP contribution in [0.15, 0.2) is 18.2 Å². The molecule has 1 heterocycles. The van der Waals surface area contributed by atoms with Crippen molar-refractivity contribution in [3.05, 3.63) is 33.9 Å². The number of nitrogens with zero attached hydrogens (tertiary/aromatic N) is 1. The van der Waals surface area contributed by atoms with Gasteiger partial charge < -0.3 is 20.1 Å². The van der Waals surface area contributed by atoms with Crippen molar-refractivity contribution in [3.8, 4) is 5.75 Å². The van der Waals surface area contributed by atoms with Gasteiger partial charge in [0.15, 0.2) is 5.75 Å². The Hall–Kier alpha value is -1.90. The van der Waals surface area contributed by atoms with Crippen molar-refractivity contribution < 1.29 is 19.2 Å². The smallest absolute Gasteiger partial charge is 0.310 e. The van der Waals surface area contributed by atoms with E-state index in [9.17, 15) is 14.9 Å². The fourth-order valence-corrected chi connectivity index (χ4v) is 2.97. The molecule has 1 fully saturated rings. The van der Waals surface area contributed by atoms with Crippen molar-refractivity contribution >= 4 is 24.0 Å². The Morgan fingerprint density at radius 1 is 1.36 bits per heavy atom. The number of ether oxygens (including phenoxy) is 2. The van der Waals surface area contributed by atoms with Crippen molar-refractivity contribution in [1.29, 1.82) is 0 Å². The molecule has 0 spiro atoms. The molecule has 2 rings (SSSR count). The summed E-state index contributed by atoms with van der Waals surface area (Å²) in [5.74, 6) is -0.210. The first-order valence-electron chi connectivity index (χ1n) is 7.82. The molecule has 1 aromatic rings. The molecule has 1 aliphatic heterocycles. The predicted octanol–water partition coefficient (Wildman–Crippen LogP) is 1.77. The number of carbonyl (C=O) groups excluding carboxylic acids is 1. The Bertz CT molecular complexity index is 600. The van der Waals surface area contributed by atoms with Crippen molar-refractivity contribution in [3.63, 3.8) is 0 Å². The molecule has 0 aliphatic carbocycles. The number of hydrogen-bond donors (Lipinski definition) is 2. The lowest BCUT2D eigenvalue weighted by atomic mass is 9.79. The highest BCUT2D eigenvalue weighted by atomic mass is 35.5. The van der Waals surface area contributed by atoms with Crippen LogP contribution in [0, 0.1) is 15.5 Å². The summed E-state index contributed by atoms with van der Waals surface area (Å²) in [4.78, 5) is 22.8. The molecular formula is C16H24ClN3O5. The lowest BCUT2D eigenvalue weighted by Crippen LogP contribution is -2.47. The summed E-state index contributed by atoms with van der Waals surface area (Å²) in [7, 11) is 3.00. The number of methoxy groups -OCH3 is 2. The number of benzene rings is 1. The average molecular weight is 374 g/mol. The minimum Gasteiger partial charge on any atom is -0.490 e. The van der Waals surface area contributed by atoms with E-state index in [-0.39, 0.29) is 35.2 Å². The van der Waals surface area contributed by atoms with Crippen molar-refractivity contribution in [2.24, 2.45) is 5.41 Å². The SMILES string of the molecule is COCC1(CNC(=O)c2ccc([N+](=O)[O-])c(OC)c2)CCNCC1.Cl. The fraction of sp³-hybridized carbons (Fsp3) is 0.562. The van der Waals surface area contributed by atoms with E-state index in [1.807, 2.05) is 0 Å². The Morgan fingerprint density at radius 2 is 2.04 bits per heavy atom. The maximum Gasteiger partial charge on any atom is 0.310 e. The Kier molecular flexibility index (Phi) is 8.08. The van der Waals surface area contributed by atoms with Crippen LogP contribution in [-0.4, -0.2) is 51.3 Å². The molecule has 1 amide bonds. The van der Waals surface area contributed by atoms with Crippen LogP contribution in [0.1, 0.15) is 23.2 Å². The van der Waals surface area contributed by atoms with Gasteiger partial charge in [0.2, 0.25) is 0 Å². The van der Waals surface area contributed by atoms with Crippen molar-refractivity contribution in [2.75, 3.05) is 40.5 Å². The molecule has 0 saturated carbocycles. The molecule has 0 atom stereocenters. The highest BCUT2D eigenvalue weighted by molar-refractivity contribution is 5.95. The minimum atomic E-state index is -0.539. The number of nitrogens with one attached hydrogen (secondary N) is 2. The Morgan fingerprint density at radius 3 is 2.60 bits per heavy atom. The maximum atomic E-state index is 12.4. The summed E-state index contributed by atoms with van der Waals surface area (Å²) in [6, 6.07) is 4.10. The quantitative estimate of drug-likeness (QED) is 0.557. The predicted molar refractivity (Wildman–Crippen MR) is 95.6 cm³/mol. The van der Waals surface area contributed by atoms with E-state index >= 15 is 0 Å². The Labute approximate surface area is 152 Å². The standard InChI is InChI=1S/C16H23N3O5.ClH/c1-23-11-16(5-7-17-8-6-16)10-18-15(20)12-3-4-13(19(21)22)14(9-12)24-2;/h3-4,9,17H,5-8,10-11H2,1-2H3,(H,18,20);1H. The minimum absolute atomic E-state index is 0. The Balaban J connectivity index is 0.00000312. The van der Waals surface area contributed by atoms with Gasteiger partial charge in [0.05, 0.1) is 18.6 Å². The molecule has 2 N–H and O–H groups in total. The summed E-state index contributed by atoms with van der Waals surface area (Å²) in [5.41, 5.74) is 0.0859. The van der Waals surface area contributed by atoms with E-state index in [1.54, 1.807) is 7.11 Å². The van der Waals surface area contributed by atoms with Crippen molar-refractivity contribution in [2.45, 2.75) is 12.8 Å². The van der Waals surface area contributed by atoms with E-state index in [1.165, 1.54) is 25.3 Å². The molecular weight excluding hydrogens is 350 g/mol. The number of rotatable bonds is 7. The lowest BCUT2D eigenvalue weighted by Gasteiger charge is -2.37. The lowest BCUT2D eigenvalue weighted by molar-refractivity contribution is -0.385. The van der Waals surface area contributed by atoms with Crippen LogP contribution in [0.25, 0.3) is 0 Å². The summed E-state index contributed by atoms with van der Waals surface area (Å²) in [6.45, 7) is 2.87. The molecule has 9 heteroatoms. The number of nitro groups is 1. The summed E-state index contributed by atoms with van der Waals surface area (Å²) in [5, 5.41) is 17.1. The van der Waals surface area contributed by atoms with Gasteiger partial charge in [-0.3, -0.25) is 14.9 Å². The van der Waals surface area contributed by atoms with Crippen LogP contribution in [0.5, 0.6) is 5.75 Å². The third kappa shape index (κ3) is 5.29. The van der Waals surface area contributed by atoms with Gasteiger partial charge in [-0.25, -0.2) is 0 Å². The van der Waals surface area contributed by atoms with Gasteiger partial charge in [0, 0.05) is 36.8 Å². The first kappa shape index (κ1) is 21.1. The number of halogens is 1. The first-order valence-corrected chi connectivity index (χ1v) is 7.82. The second-order valence-corrected chi connectivity index (χ2v) is 6.01. The molecule has 25 heavy (non-hydrogen) atoms. The maximum absolute atomic E-state index is 12.4. The van der Waals surface area contributed by atoms with E-state index in [4.69, 9.17) is 9.47 Å². The van der Waals surface area contributed by atoms with Gasteiger partial charge in [0.25, 0.3) is 5.91 Å². The zero-order chi connectivity index (χ0) is 17.6. The van der Waals surface area contributed by atoms with Gasteiger partial charge in [-0.05, 0) is 32.0 Å². The number of amides is 1. The normalized spacial score (nSPS) is 15.8. The fourth-order valence-electron chi connectivity index (χ4n) is 2.97. The molecule has 0 aromatic heterocycles. The molecule has 0 radical (unpaired) electrons. The topological polar surface area (TPSA) is 103 Å². The number of carbonyl (C=O) groups is 1. The monoisotopic (exact) mass is 373 g/mol. The number of piperidine rings is 1. The van der Waals surface area contributed by atoms with Crippen LogP contribution in [-0.2, 0) is 4.74 Å². The van der Waals surface area contributed by atoms with Crippen LogP contribution < -0.4 is 15.4 Å². The third-order valence-corrected chi connectivity index (χ3v) is 4.38. The van der Waals surface area contributed by atoms with E-state index in [0.29, 0.717) is 18.7 Å². The highest BCUT2D eigenvalue weighted by Crippen LogP contribution is 2.29. The highest BCUT2D eigenvalue weighted by Gasteiger charge is 2.32. The summed E-state index contributed by atoms with van der Waals surface area (Å²) in [6.07, 6.45) is 1.84. The van der Waals surface area contributed by atoms with E-state index < -0.39 is 4.92 Å². The van der Waals surface area contributed by atoms with Gasteiger partial charge in [-0.15, -0.1) is 12.4 Å². The molecule has 0 unspecified atom stereocenters. The molecule has 1 aliphatic rings. The van der Waals surface area contributed by atoms with Crippen molar-refractivity contribution in [1.82, 2.24) is 10.6 Å². The van der Waals surface area contributed by atoms with Gasteiger partial charge >= 0.3 is 5.69 Å². The molecule has 140 valence electrons. The van der Waals surface area contributed by atoms with Crippen LogP contribution in [0.2, 0.25) is 0 Å². The molecule has 1 saturated heterocycles. The van der Waals surface area contributed by atoms with Gasteiger partial charge in [0.1, 0.15) is 0 Å². The molecule has 1 aromatic carbocycles. The van der Waals surface area contributed by atoms with E-state index in [0.717, 1.165) is 25.9 Å². The van der Waals surface area contributed by atoms with Crippen LogP contribution in [0.4, 0.5) is 5.69 Å². The van der Waals surface area contributed by atoms with Crippen LogP contribution in [0.3, 0.4) is 0 Å². The number of nitro benzene ring substituents is 1. The number of hydrogen-bond acceptors (Lipinski definition) is 6. The third-order valence-electron chi connectivity index (χ3n) is 4.38. The van der Waals surface area contributed by atoms with E-state index in [2.05, 4.69) is 10.6 Å². The summed E-state index contributed by atoms with van der Waals surface area (Å²) < 4.78 is 10.3. The zero-order valence-corrected chi connectivity index (χ0v) is 15.2. The zero-order valence-electron chi connectivity index (χ0n) is 14.4.